The van der Waals surface area contributed by atoms with Crippen LogP contribution < -0.4 is 14.2 Å². The van der Waals surface area contributed by atoms with Gasteiger partial charge in [0, 0.05) is 6.54 Å². The minimum absolute atomic E-state index is 0.00153. The topological polar surface area (TPSA) is 95.3 Å². The Kier molecular flexibility index (Phi) is 8.58. The largest absolute Gasteiger partial charge is 0.497 e. The van der Waals surface area contributed by atoms with Crippen LogP contribution in [0.25, 0.3) is 0 Å². The van der Waals surface area contributed by atoms with Gasteiger partial charge in [0.1, 0.15) is 5.75 Å². The first-order valence-electron chi connectivity index (χ1n) is 10.4. The van der Waals surface area contributed by atoms with Crippen molar-refractivity contribution >= 4 is 33.2 Å². The Hall–Kier alpha value is -2.33. The standard InChI is InChI=1S/C22H26Cl2N4O4S/c1-4-12-32-22-26-25-21(28(22)5-2)20(13-15-6-8-16(31-3)9-7-15)27-33(29,30)17-10-11-18(23)19(24)14-17/h6-11,14,20,27H,4-5,12-13H2,1-3H3/t20-/m1/s1. The predicted octanol–water partition coefficient (Wildman–Crippen LogP) is 4.66. The summed E-state index contributed by atoms with van der Waals surface area (Å²) in [5.41, 5.74) is 0.888. The number of hydrogen-bond acceptors (Lipinski definition) is 6. The van der Waals surface area contributed by atoms with Gasteiger partial charge < -0.3 is 9.47 Å². The zero-order chi connectivity index (χ0) is 24.0. The number of sulfonamides is 1. The molecule has 3 rings (SSSR count). The molecular formula is C22H26Cl2N4O4S. The molecule has 3 aromatic rings. The Balaban J connectivity index is 1.99. The molecule has 178 valence electrons. The highest BCUT2D eigenvalue weighted by Gasteiger charge is 2.28. The van der Waals surface area contributed by atoms with Gasteiger partial charge in [-0.2, -0.15) is 0 Å². The third kappa shape index (κ3) is 6.17. The lowest BCUT2D eigenvalue weighted by molar-refractivity contribution is 0.276. The molecule has 1 atom stereocenters. The SMILES string of the molecule is CCCOc1nnc([C@@H](Cc2ccc(OC)cc2)NS(=O)(=O)c2ccc(Cl)c(Cl)c2)n1CC. The summed E-state index contributed by atoms with van der Waals surface area (Å²) in [7, 11) is -2.36. The molecule has 0 radical (unpaired) electrons. The Morgan fingerprint density at radius 3 is 2.39 bits per heavy atom. The second-order valence-electron chi connectivity index (χ2n) is 7.24. The highest BCUT2D eigenvalue weighted by Crippen LogP contribution is 2.28. The molecule has 0 saturated heterocycles. The van der Waals surface area contributed by atoms with Crippen molar-refractivity contribution in [2.45, 2.75) is 44.2 Å². The molecule has 0 spiro atoms. The van der Waals surface area contributed by atoms with Gasteiger partial charge in [-0.3, -0.25) is 4.57 Å². The van der Waals surface area contributed by atoms with Crippen LogP contribution in [0.4, 0.5) is 0 Å². The number of nitrogens with one attached hydrogen (secondary N) is 1. The van der Waals surface area contributed by atoms with Crippen LogP contribution in [0.15, 0.2) is 47.4 Å². The number of aromatic nitrogens is 3. The molecule has 33 heavy (non-hydrogen) atoms. The Morgan fingerprint density at radius 2 is 1.79 bits per heavy atom. The zero-order valence-electron chi connectivity index (χ0n) is 18.6. The number of methoxy groups -OCH3 is 1. The quantitative estimate of drug-likeness (QED) is 0.401. The van der Waals surface area contributed by atoms with Crippen LogP contribution in [0.1, 0.15) is 37.7 Å². The Morgan fingerprint density at radius 1 is 1.06 bits per heavy atom. The molecule has 0 amide bonds. The molecule has 0 saturated carbocycles. The molecular weight excluding hydrogens is 487 g/mol. The Bertz CT molecular complexity index is 1180. The average Bonchev–Trinajstić information content (AvgIpc) is 3.22. The lowest BCUT2D eigenvalue weighted by Crippen LogP contribution is -2.32. The average molecular weight is 513 g/mol. The summed E-state index contributed by atoms with van der Waals surface area (Å²) < 4.78 is 41.9. The molecule has 8 nitrogen and oxygen atoms in total. The normalized spacial score (nSPS) is 12.5. The van der Waals surface area contributed by atoms with Crippen molar-refractivity contribution < 1.29 is 17.9 Å². The molecule has 0 aliphatic heterocycles. The molecule has 1 aromatic heterocycles. The van der Waals surface area contributed by atoms with Crippen molar-refractivity contribution in [2.24, 2.45) is 0 Å². The van der Waals surface area contributed by atoms with Crippen molar-refractivity contribution in [1.82, 2.24) is 19.5 Å². The lowest BCUT2D eigenvalue weighted by Gasteiger charge is -2.20. The highest BCUT2D eigenvalue weighted by atomic mass is 35.5. The fourth-order valence-corrected chi connectivity index (χ4v) is 4.82. The summed E-state index contributed by atoms with van der Waals surface area (Å²) in [6.07, 6.45) is 1.14. The minimum atomic E-state index is -3.95. The van der Waals surface area contributed by atoms with Crippen molar-refractivity contribution in [1.29, 1.82) is 0 Å². The lowest BCUT2D eigenvalue weighted by atomic mass is 10.1. The van der Waals surface area contributed by atoms with E-state index in [0.29, 0.717) is 37.2 Å². The fraction of sp³-hybridized carbons (Fsp3) is 0.364. The molecule has 0 aliphatic carbocycles. The van der Waals surface area contributed by atoms with E-state index >= 15 is 0 Å². The van der Waals surface area contributed by atoms with Gasteiger partial charge in [-0.25, -0.2) is 13.1 Å². The van der Waals surface area contributed by atoms with Crippen LogP contribution in [0.5, 0.6) is 11.8 Å². The van der Waals surface area contributed by atoms with Crippen LogP contribution in [0.2, 0.25) is 10.0 Å². The fourth-order valence-electron chi connectivity index (χ4n) is 3.24. The van der Waals surface area contributed by atoms with E-state index in [4.69, 9.17) is 32.7 Å². The van der Waals surface area contributed by atoms with Gasteiger partial charge >= 0.3 is 6.01 Å². The number of ether oxygens (including phenoxy) is 2. The maximum atomic E-state index is 13.2. The van der Waals surface area contributed by atoms with E-state index in [1.807, 2.05) is 38.1 Å². The van der Waals surface area contributed by atoms with Crippen LogP contribution >= 0.6 is 23.2 Å². The Labute approximate surface area is 203 Å². The van der Waals surface area contributed by atoms with Gasteiger partial charge in [0.15, 0.2) is 5.82 Å². The molecule has 0 bridgehead atoms. The smallest absolute Gasteiger partial charge is 0.316 e. The van der Waals surface area contributed by atoms with Gasteiger partial charge in [-0.05, 0) is 55.7 Å². The van der Waals surface area contributed by atoms with E-state index in [0.717, 1.165) is 12.0 Å². The second kappa shape index (κ2) is 11.2. The first kappa shape index (κ1) is 25.3. The molecule has 0 unspecified atom stereocenters. The van der Waals surface area contributed by atoms with Crippen molar-refractivity contribution in [3.63, 3.8) is 0 Å². The molecule has 1 N–H and O–H groups in total. The van der Waals surface area contributed by atoms with E-state index in [1.54, 1.807) is 11.7 Å². The van der Waals surface area contributed by atoms with Crippen LogP contribution in [0.3, 0.4) is 0 Å². The molecule has 0 fully saturated rings. The highest BCUT2D eigenvalue weighted by molar-refractivity contribution is 7.89. The van der Waals surface area contributed by atoms with Gasteiger partial charge in [-0.15, -0.1) is 5.10 Å². The maximum absolute atomic E-state index is 13.2. The first-order valence-corrected chi connectivity index (χ1v) is 12.7. The number of benzene rings is 2. The van der Waals surface area contributed by atoms with Gasteiger partial charge in [0.05, 0.1) is 34.7 Å². The predicted molar refractivity (Wildman–Crippen MR) is 128 cm³/mol. The summed E-state index contributed by atoms with van der Waals surface area (Å²) in [4.78, 5) is 0.00153. The van der Waals surface area contributed by atoms with E-state index in [1.165, 1.54) is 18.2 Å². The number of halogens is 2. The minimum Gasteiger partial charge on any atom is -0.497 e. The van der Waals surface area contributed by atoms with Crippen LogP contribution in [0, 0.1) is 0 Å². The van der Waals surface area contributed by atoms with Crippen LogP contribution in [-0.4, -0.2) is 36.9 Å². The first-order chi connectivity index (χ1) is 15.8. The molecule has 0 aliphatic rings. The zero-order valence-corrected chi connectivity index (χ0v) is 20.9. The summed E-state index contributed by atoms with van der Waals surface area (Å²) in [6.45, 7) is 4.90. The third-order valence-electron chi connectivity index (χ3n) is 4.91. The van der Waals surface area contributed by atoms with Gasteiger partial charge in [-0.1, -0.05) is 47.4 Å². The van der Waals surface area contributed by atoms with Crippen molar-refractivity contribution in [2.75, 3.05) is 13.7 Å². The van der Waals surface area contributed by atoms with Crippen molar-refractivity contribution in [3.8, 4) is 11.8 Å². The summed E-state index contributed by atoms with van der Waals surface area (Å²) >= 11 is 12.0. The summed E-state index contributed by atoms with van der Waals surface area (Å²) in [5, 5.41) is 8.83. The van der Waals surface area contributed by atoms with Gasteiger partial charge in [0.25, 0.3) is 0 Å². The molecule has 2 aromatic carbocycles. The molecule has 11 heteroatoms. The van der Waals surface area contributed by atoms with Crippen molar-refractivity contribution in [3.05, 3.63) is 63.9 Å². The van der Waals surface area contributed by atoms with E-state index in [-0.39, 0.29) is 14.9 Å². The number of rotatable bonds is 11. The van der Waals surface area contributed by atoms with Crippen LogP contribution in [-0.2, 0) is 23.0 Å². The number of nitrogens with zero attached hydrogens (tertiary/aromatic N) is 3. The summed E-state index contributed by atoms with van der Waals surface area (Å²) in [6, 6.07) is 11.2. The third-order valence-corrected chi connectivity index (χ3v) is 7.11. The maximum Gasteiger partial charge on any atom is 0.316 e. The molecule has 1 heterocycles. The summed E-state index contributed by atoms with van der Waals surface area (Å²) in [5.74, 6) is 1.15. The van der Waals surface area contributed by atoms with E-state index in [9.17, 15) is 8.42 Å². The van der Waals surface area contributed by atoms with Gasteiger partial charge in [0.2, 0.25) is 10.0 Å². The number of hydrogen-bond donors (Lipinski definition) is 1. The van der Waals surface area contributed by atoms with E-state index in [2.05, 4.69) is 14.9 Å². The van der Waals surface area contributed by atoms with E-state index < -0.39 is 16.1 Å². The monoisotopic (exact) mass is 512 g/mol. The second-order valence-corrected chi connectivity index (χ2v) is 9.76.